The molecule has 0 amide bonds. The lowest BCUT2D eigenvalue weighted by atomic mass is 9.96. The number of ether oxygens (including phenoxy) is 2. The van der Waals surface area contributed by atoms with Crippen LogP contribution in [0.1, 0.15) is 43.5 Å². The predicted molar refractivity (Wildman–Crippen MR) is 159 cm³/mol. The van der Waals surface area contributed by atoms with Crippen LogP contribution in [0.5, 0.6) is 5.75 Å². The molecule has 1 aliphatic rings. The number of carbonyl (C=O) groups is 1. The first-order chi connectivity index (χ1) is 19.2. The first kappa shape index (κ1) is 27.9. The van der Waals surface area contributed by atoms with Gasteiger partial charge in [-0.3, -0.25) is 9.36 Å². The molecule has 0 saturated carbocycles. The van der Waals surface area contributed by atoms with E-state index >= 15 is 0 Å². The summed E-state index contributed by atoms with van der Waals surface area (Å²) in [5.41, 5.74) is 2.87. The molecule has 3 aromatic carbocycles. The highest BCUT2D eigenvalue weighted by Gasteiger charge is 2.33. The minimum absolute atomic E-state index is 0.271. The Morgan fingerprint density at radius 2 is 1.75 bits per heavy atom. The van der Waals surface area contributed by atoms with Crippen molar-refractivity contribution in [1.29, 1.82) is 0 Å². The molecule has 9 heteroatoms. The molecule has 0 spiro atoms. The molecule has 204 valence electrons. The molecule has 1 aliphatic heterocycles. The third-order valence-electron chi connectivity index (χ3n) is 6.32. The summed E-state index contributed by atoms with van der Waals surface area (Å²) in [5.74, 6) is 0.101. The molecule has 1 unspecified atom stereocenters. The van der Waals surface area contributed by atoms with E-state index in [1.165, 1.54) is 11.3 Å². The normalized spacial score (nSPS) is 15.2. The second kappa shape index (κ2) is 11.8. The van der Waals surface area contributed by atoms with E-state index < -0.39 is 12.0 Å². The average Bonchev–Trinajstić information content (AvgIpc) is 3.22. The van der Waals surface area contributed by atoms with Crippen LogP contribution >= 0.6 is 34.5 Å². The fourth-order valence-electron chi connectivity index (χ4n) is 4.46. The van der Waals surface area contributed by atoms with Crippen molar-refractivity contribution in [2.24, 2.45) is 4.99 Å². The van der Waals surface area contributed by atoms with E-state index in [0.717, 1.165) is 16.7 Å². The Morgan fingerprint density at radius 1 is 1.05 bits per heavy atom. The summed E-state index contributed by atoms with van der Waals surface area (Å²) < 4.78 is 13.7. The standard InChI is InChI=1S/C31H26Cl2N2O4S/c1-18(2)39-30(37)27-19(3)34-31-35(28(27)20-12-14-23(32)15-13-20)29(36)26(40-31)16-21-8-5-7-11-25(21)38-17-22-9-4-6-10-24(22)33/h4-16,18,28H,17H2,1-3H3. The number of halogens is 2. The third kappa shape index (κ3) is 5.77. The van der Waals surface area contributed by atoms with Gasteiger partial charge in [-0.2, -0.15) is 0 Å². The van der Waals surface area contributed by atoms with E-state index in [0.29, 0.717) is 36.4 Å². The average molecular weight is 594 g/mol. The number of hydrogen-bond donors (Lipinski definition) is 0. The van der Waals surface area contributed by atoms with Gasteiger partial charge in [-0.05, 0) is 56.7 Å². The Labute approximate surface area is 245 Å². The second-order valence-corrected chi connectivity index (χ2v) is 11.4. The molecule has 0 radical (unpaired) electrons. The molecule has 40 heavy (non-hydrogen) atoms. The Morgan fingerprint density at radius 3 is 2.48 bits per heavy atom. The smallest absolute Gasteiger partial charge is 0.338 e. The van der Waals surface area contributed by atoms with Crippen molar-refractivity contribution in [2.45, 2.75) is 39.5 Å². The number of thiazole rings is 1. The third-order valence-corrected chi connectivity index (χ3v) is 7.92. The lowest BCUT2D eigenvalue weighted by molar-refractivity contribution is -0.143. The van der Waals surface area contributed by atoms with Gasteiger partial charge in [-0.25, -0.2) is 9.79 Å². The molecule has 0 fully saturated rings. The number of benzene rings is 3. The summed E-state index contributed by atoms with van der Waals surface area (Å²) in [5, 5.41) is 1.18. The summed E-state index contributed by atoms with van der Waals surface area (Å²) in [6.07, 6.45) is 1.46. The zero-order chi connectivity index (χ0) is 28.4. The fourth-order valence-corrected chi connectivity index (χ4v) is 5.82. The van der Waals surface area contributed by atoms with Crippen molar-refractivity contribution >= 4 is 46.6 Å². The van der Waals surface area contributed by atoms with E-state index in [4.69, 9.17) is 32.7 Å². The van der Waals surface area contributed by atoms with E-state index in [9.17, 15) is 9.59 Å². The molecule has 4 aromatic rings. The first-order valence-electron chi connectivity index (χ1n) is 12.7. The lowest BCUT2D eigenvalue weighted by Gasteiger charge is -2.25. The number of aromatic nitrogens is 1. The van der Waals surface area contributed by atoms with Gasteiger partial charge in [0.25, 0.3) is 5.56 Å². The predicted octanol–water partition coefficient (Wildman–Crippen LogP) is 6.07. The summed E-state index contributed by atoms with van der Waals surface area (Å²) >= 11 is 13.7. The van der Waals surface area contributed by atoms with Crippen LogP contribution in [0.15, 0.2) is 93.9 Å². The Bertz CT molecular complexity index is 1790. The summed E-state index contributed by atoms with van der Waals surface area (Å²) in [6.45, 7) is 5.61. The van der Waals surface area contributed by atoms with Crippen LogP contribution in [0.4, 0.5) is 0 Å². The number of hydrogen-bond acceptors (Lipinski definition) is 6. The highest BCUT2D eigenvalue weighted by atomic mass is 35.5. The lowest BCUT2D eigenvalue weighted by Crippen LogP contribution is -2.40. The van der Waals surface area contributed by atoms with Crippen LogP contribution in [0.3, 0.4) is 0 Å². The number of fused-ring (bicyclic) bond motifs is 1. The van der Waals surface area contributed by atoms with Gasteiger partial charge in [-0.15, -0.1) is 0 Å². The zero-order valence-corrected chi connectivity index (χ0v) is 24.4. The minimum atomic E-state index is -0.714. The largest absolute Gasteiger partial charge is 0.488 e. The maximum Gasteiger partial charge on any atom is 0.338 e. The number of nitrogens with zero attached hydrogens (tertiary/aromatic N) is 2. The quantitative estimate of drug-likeness (QED) is 0.244. The number of carbonyl (C=O) groups excluding carboxylic acids is 1. The van der Waals surface area contributed by atoms with Crippen molar-refractivity contribution in [3.63, 3.8) is 0 Å². The highest BCUT2D eigenvalue weighted by molar-refractivity contribution is 7.07. The molecule has 0 N–H and O–H groups in total. The molecular weight excluding hydrogens is 567 g/mol. The molecule has 5 rings (SSSR count). The summed E-state index contributed by atoms with van der Waals surface area (Å²) in [6, 6.07) is 21.4. The minimum Gasteiger partial charge on any atom is -0.488 e. The topological polar surface area (TPSA) is 69.9 Å². The van der Waals surface area contributed by atoms with Crippen molar-refractivity contribution < 1.29 is 14.3 Å². The molecule has 0 aliphatic carbocycles. The fraction of sp³-hybridized carbons (Fsp3) is 0.194. The highest BCUT2D eigenvalue weighted by Crippen LogP contribution is 2.31. The molecule has 0 bridgehead atoms. The van der Waals surface area contributed by atoms with Gasteiger partial charge >= 0.3 is 5.97 Å². The van der Waals surface area contributed by atoms with Crippen LogP contribution < -0.4 is 19.6 Å². The molecule has 6 nitrogen and oxygen atoms in total. The molecule has 2 heterocycles. The molecule has 1 aromatic heterocycles. The van der Waals surface area contributed by atoms with E-state index in [1.807, 2.05) is 60.7 Å². The van der Waals surface area contributed by atoms with Crippen molar-refractivity contribution in [2.75, 3.05) is 0 Å². The maximum absolute atomic E-state index is 13.9. The van der Waals surface area contributed by atoms with Gasteiger partial charge in [-0.1, -0.05) is 83.1 Å². The monoisotopic (exact) mass is 592 g/mol. The first-order valence-corrected chi connectivity index (χ1v) is 14.2. The van der Waals surface area contributed by atoms with Gasteiger partial charge in [0.1, 0.15) is 12.4 Å². The van der Waals surface area contributed by atoms with Gasteiger partial charge in [0.15, 0.2) is 4.80 Å². The maximum atomic E-state index is 13.9. The van der Waals surface area contributed by atoms with Crippen LogP contribution in [0, 0.1) is 0 Å². The van der Waals surface area contributed by atoms with E-state index in [-0.39, 0.29) is 18.3 Å². The van der Waals surface area contributed by atoms with Crippen LogP contribution in [0.2, 0.25) is 10.0 Å². The molecule has 1 atom stereocenters. The van der Waals surface area contributed by atoms with E-state index in [1.54, 1.807) is 43.5 Å². The Hall–Kier alpha value is -3.65. The van der Waals surface area contributed by atoms with Crippen LogP contribution in [-0.4, -0.2) is 16.6 Å². The van der Waals surface area contributed by atoms with E-state index in [2.05, 4.69) is 4.99 Å². The number of rotatable bonds is 7. The second-order valence-electron chi connectivity index (χ2n) is 9.51. The molecular formula is C31H26Cl2N2O4S. The zero-order valence-electron chi connectivity index (χ0n) is 22.1. The summed E-state index contributed by atoms with van der Waals surface area (Å²) in [4.78, 5) is 32.3. The van der Waals surface area contributed by atoms with Gasteiger partial charge in [0.2, 0.25) is 0 Å². The SMILES string of the molecule is CC1=C(C(=O)OC(C)C)C(c2ccc(Cl)cc2)n2c(sc(=Cc3ccccc3OCc3ccccc3Cl)c2=O)=N1. The summed E-state index contributed by atoms with van der Waals surface area (Å²) in [7, 11) is 0. The van der Waals surface area contributed by atoms with Gasteiger partial charge < -0.3 is 9.47 Å². The van der Waals surface area contributed by atoms with Crippen molar-refractivity contribution in [3.8, 4) is 5.75 Å². The van der Waals surface area contributed by atoms with Crippen LogP contribution in [-0.2, 0) is 16.1 Å². The van der Waals surface area contributed by atoms with Crippen molar-refractivity contribution in [1.82, 2.24) is 4.57 Å². The molecule has 0 saturated heterocycles. The number of para-hydroxylation sites is 1. The van der Waals surface area contributed by atoms with Gasteiger partial charge in [0.05, 0.1) is 27.9 Å². The van der Waals surface area contributed by atoms with Crippen molar-refractivity contribution in [3.05, 3.63) is 130 Å². The van der Waals surface area contributed by atoms with Gasteiger partial charge in [0, 0.05) is 21.2 Å². The Kier molecular flexibility index (Phi) is 8.26. The Balaban J connectivity index is 1.60. The number of allylic oxidation sites excluding steroid dienone is 1. The number of esters is 1. The van der Waals surface area contributed by atoms with Crippen LogP contribution in [0.25, 0.3) is 6.08 Å².